The van der Waals surface area contributed by atoms with Gasteiger partial charge in [-0.15, -0.1) is 11.8 Å². The smallest absolute Gasteiger partial charge is 0.241 e. The van der Waals surface area contributed by atoms with Gasteiger partial charge in [0.25, 0.3) is 0 Å². The number of nitrogens with one attached hydrogen (secondary N) is 3. The summed E-state index contributed by atoms with van der Waals surface area (Å²) in [6.07, 6.45) is 8.37. The zero-order chi connectivity index (χ0) is 20.6. The summed E-state index contributed by atoms with van der Waals surface area (Å²) < 4.78 is 5.44. The average molecular weight is 424 g/mol. The number of carbonyl (C=O) groups excluding carboxylic acids is 1. The fourth-order valence-corrected chi connectivity index (χ4v) is 4.73. The highest BCUT2D eigenvalue weighted by atomic mass is 32.2. The first-order chi connectivity index (χ1) is 14.7. The number of nitrogens with zero attached hydrogens (tertiary/aromatic N) is 2. The summed E-state index contributed by atoms with van der Waals surface area (Å²) in [5.74, 6) is 0.701. The lowest BCUT2D eigenvalue weighted by Crippen LogP contribution is -2.41. The zero-order valence-corrected chi connectivity index (χ0v) is 17.7. The molecular formula is C22H25N5O2S. The predicted molar refractivity (Wildman–Crippen MR) is 120 cm³/mol. The molecule has 1 saturated heterocycles. The van der Waals surface area contributed by atoms with E-state index >= 15 is 0 Å². The molecule has 2 aliphatic rings. The number of ether oxygens (including phenoxy) is 1. The van der Waals surface area contributed by atoms with Crippen LogP contribution in [0, 0.1) is 0 Å². The van der Waals surface area contributed by atoms with Crippen LogP contribution in [0.4, 0.5) is 5.69 Å². The summed E-state index contributed by atoms with van der Waals surface area (Å²) >= 11 is 1.61. The van der Waals surface area contributed by atoms with Crippen LogP contribution in [0.1, 0.15) is 25.7 Å². The van der Waals surface area contributed by atoms with E-state index in [1.54, 1.807) is 18.0 Å². The van der Waals surface area contributed by atoms with E-state index in [0.29, 0.717) is 18.5 Å². The van der Waals surface area contributed by atoms with Crippen LogP contribution in [0.5, 0.6) is 5.88 Å². The van der Waals surface area contributed by atoms with Crippen molar-refractivity contribution >= 4 is 34.3 Å². The Kier molecular flexibility index (Phi) is 5.12. The SMILES string of the molecule is CSC1(C(=O)Nc2ccc3[nH]nc(-c4ccc(OC5CCC5)nc4)c3c2)CCNC1. The van der Waals surface area contributed by atoms with Gasteiger partial charge in [0, 0.05) is 35.4 Å². The number of fused-ring (bicyclic) bond motifs is 1. The second kappa shape index (κ2) is 7.92. The second-order valence-corrected chi connectivity index (χ2v) is 9.16. The van der Waals surface area contributed by atoms with Crippen LogP contribution in [0.15, 0.2) is 36.5 Å². The van der Waals surface area contributed by atoms with Crippen LogP contribution in [-0.2, 0) is 4.79 Å². The van der Waals surface area contributed by atoms with Crippen molar-refractivity contribution in [3.8, 4) is 17.1 Å². The Labute approximate surface area is 179 Å². The van der Waals surface area contributed by atoms with Crippen molar-refractivity contribution in [2.24, 2.45) is 0 Å². The summed E-state index contributed by atoms with van der Waals surface area (Å²) in [4.78, 5) is 17.4. The molecule has 5 rings (SSSR count). The second-order valence-electron chi connectivity index (χ2n) is 7.97. The minimum Gasteiger partial charge on any atom is -0.474 e. The van der Waals surface area contributed by atoms with Crippen molar-refractivity contribution < 1.29 is 9.53 Å². The molecule has 0 bridgehead atoms. The Morgan fingerprint density at radius 1 is 1.30 bits per heavy atom. The number of anilines is 1. The van der Waals surface area contributed by atoms with E-state index in [1.165, 1.54) is 6.42 Å². The number of aromatic amines is 1. The molecule has 3 heterocycles. The molecule has 3 N–H and O–H groups in total. The van der Waals surface area contributed by atoms with E-state index in [4.69, 9.17) is 4.74 Å². The van der Waals surface area contributed by atoms with Gasteiger partial charge in [0.2, 0.25) is 11.8 Å². The van der Waals surface area contributed by atoms with Crippen LogP contribution in [-0.4, -0.2) is 51.3 Å². The molecule has 2 fully saturated rings. The molecule has 0 radical (unpaired) electrons. The first kappa shape index (κ1) is 19.4. The molecule has 1 aromatic carbocycles. The molecule has 8 heteroatoms. The molecule has 1 aliphatic heterocycles. The van der Waals surface area contributed by atoms with Gasteiger partial charge in [0.15, 0.2) is 0 Å². The van der Waals surface area contributed by atoms with Gasteiger partial charge in [0.1, 0.15) is 16.5 Å². The minimum atomic E-state index is -0.408. The van der Waals surface area contributed by atoms with E-state index in [2.05, 4.69) is 25.8 Å². The van der Waals surface area contributed by atoms with E-state index in [-0.39, 0.29) is 5.91 Å². The van der Waals surface area contributed by atoms with Gasteiger partial charge in [0.05, 0.1) is 5.52 Å². The topological polar surface area (TPSA) is 91.9 Å². The molecule has 1 amide bonds. The van der Waals surface area contributed by atoms with Crippen molar-refractivity contribution in [1.82, 2.24) is 20.5 Å². The lowest BCUT2D eigenvalue weighted by Gasteiger charge is -2.25. The Bertz CT molecular complexity index is 1060. The summed E-state index contributed by atoms with van der Waals surface area (Å²) in [6, 6.07) is 9.71. The van der Waals surface area contributed by atoms with Gasteiger partial charge >= 0.3 is 0 Å². The molecule has 30 heavy (non-hydrogen) atoms. The van der Waals surface area contributed by atoms with Crippen molar-refractivity contribution in [1.29, 1.82) is 0 Å². The quantitative estimate of drug-likeness (QED) is 0.561. The summed E-state index contributed by atoms with van der Waals surface area (Å²) in [6.45, 7) is 1.56. The Balaban J connectivity index is 1.38. The van der Waals surface area contributed by atoms with Gasteiger partial charge in [-0.05, 0) is 62.7 Å². The van der Waals surface area contributed by atoms with Crippen molar-refractivity contribution in [3.05, 3.63) is 36.5 Å². The molecule has 156 valence electrons. The first-order valence-corrected chi connectivity index (χ1v) is 11.6. The summed E-state index contributed by atoms with van der Waals surface area (Å²) in [5, 5.41) is 14.9. The lowest BCUT2D eigenvalue weighted by atomic mass is 9.96. The minimum absolute atomic E-state index is 0.0450. The number of carbonyl (C=O) groups is 1. The number of pyridine rings is 1. The third-order valence-corrected chi connectivity index (χ3v) is 7.41. The number of benzene rings is 1. The van der Waals surface area contributed by atoms with Gasteiger partial charge in [-0.3, -0.25) is 9.89 Å². The number of rotatable bonds is 6. The lowest BCUT2D eigenvalue weighted by molar-refractivity contribution is -0.118. The highest BCUT2D eigenvalue weighted by Crippen LogP contribution is 2.33. The fourth-order valence-electron chi connectivity index (χ4n) is 3.94. The van der Waals surface area contributed by atoms with Crippen LogP contribution in [0.25, 0.3) is 22.2 Å². The van der Waals surface area contributed by atoms with Crippen LogP contribution < -0.4 is 15.4 Å². The van der Waals surface area contributed by atoms with Gasteiger partial charge < -0.3 is 15.4 Å². The number of hydrogen-bond acceptors (Lipinski definition) is 6. The van der Waals surface area contributed by atoms with Crippen molar-refractivity contribution in [2.45, 2.75) is 36.5 Å². The normalized spacial score (nSPS) is 21.5. The van der Waals surface area contributed by atoms with Crippen LogP contribution in [0.2, 0.25) is 0 Å². The molecule has 0 spiro atoms. The molecule has 1 aliphatic carbocycles. The molecule has 1 atom stereocenters. The largest absolute Gasteiger partial charge is 0.474 e. The zero-order valence-electron chi connectivity index (χ0n) is 16.9. The Morgan fingerprint density at radius 3 is 2.87 bits per heavy atom. The van der Waals surface area contributed by atoms with E-state index in [0.717, 1.165) is 53.7 Å². The standard InChI is InChI=1S/C22H25N5O2S/c1-30-22(9-10-23-13-22)21(28)25-15-6-7-18-17(11-15)20(27-26-18)14-5-8-19(24-12-14)29-16-3-2-4-16/h5-8,11-12,16,23H,2-4,9-10,13H2,1H3,(H,25,28)(H,26,27). The molecular weight excluding hydrogens is 398 g/mol. The van der Waals surface area contributed by atoms with E-state index in [9.17, 15) is 4.79 Å². The van der Waals surface area contributed by atoms with Crippen molar-refractivity contribution in [2.75, 3.05) is 24.7 Å². The first-order valence-electron chi connectivity index (χ1n) is 10.4. The third-order valence-electron chi connectivity index (χ3n) is 6.09. The maximum atomic E-state index is 12.9. The third kappa shape index (κ3) is 3.54. The van der Waals surface area contributed by atoms with Crippen molar-refractivity contribution in [3.63, 3.8) is 0 Å². The number of thioether (sulfide) groups is 1. The summed E-state index contributed by atoms with van der Waals surface area (Å²) in [7, 11) is 0. The maximum Gasteiger partial charge on any atom is 0.241 e. The molecule has 7 nitrogen and oxygen atoms in total. The van der Waals surface area contributed by atoms with Gasteiger partial charge in [-0.2, -0.15) is 5.10 Å². The molecule has 1 saturated carbocycles. The molecule has 2 aromatic heterocycles. The number of aromatic nitrogens is 3. The van der Waals surface area contributed by atoms with Gasteiger partial charge in [-0.25, -0.2) is 4.98 Å². The van der Waals surface area contributed by atoms with E-state index < -0.39 is 4.75 Å². The van der Waals surface area contributed by atoms with E-state index in [1.807, 2.05) is 36.6 Å². The maximum absolute atomic E-state index is 12.9. The molecule has 3 aromatic rings. The number of hydrogen-bond donors (Lipinski definition) is 3. The number of H-pyrrole nitrogens is 1. The highest BCUT2D eigenvalue weighted by molar-refractivity contribution is 8.00. The van der Waals surface area contributed by atoms with Gasteiger partial charge in [-0.1, -0.05) is 0 Å². The van der Waals surface area contributed by atoms with Crippen LogP contribution in [0.3, 0.4) is 0 Å². The summed E-state index contributed by atoms with van der Waals surface area (Å²) in [5.41, 5.74) is 3.41. The monoisotopic (exact) mass is 423 g/mol. The Hall–Kier alpha value is -2.58. The Morgan fingerprint density at radius 2 is 2.20 bits per heavy atom. The van der Waals surface area contributed by atoms with Crippen LogP contribution >= 0.6 is 11.8 Å². The average Bonchev–Trinajstić information content (AvgIpc) is 3.39. The number of amides is 1. The predicted octanol–water partition coefficient (Wildman–Crippen LogP) is 3.59. The highest BCUT2D eigenvalue weighted by Gasteiger charge is 2.40. The molecule has 1 unspecified atom stereocenters. The fraction of sp³-hybridized carbons (Fsp3) is 0.409.